The van der Waals surface area contributed by atoms with Crippen LogP contribution < -0.4 is 0 Å². The van der Waals surface area contributed by atoms with E-state index in [0.29, 0.717) is 11.3 Å². The van der Waals surface area contributed by atoms with Crippen molar-refractivity contribution < 1.29 is 0 Å². The van der Waals surface area contributed by atoms with Crippen LogP contribution in [-0.4, -0.2) is 37.8 Å². The molecular formula is C13H19N5S2. The van der Waals surface area contributed by atoms with Crippen LogP contribution >= 0.6 is 23.6 Å². The first-order chi connectivity index (χ1) is 9.72. The van der Waals surface area contributed by atoms with Crippen LogP contribution in [0.4, 0.5) is 0 Å². The van der Waals surface area contributed by atoms with Crippen molar-refractivity contribution >= 4 is 23.6 Å². The van der Waals surface area contributed by atoms with E-state index < -0.39 is 0 Å². The molecule has 0 bridgehead atoms. The Kier molecular flexibility index (Phi) is 4.28. The molecule has 3 heterocycles. The Hall–Kier alpha value is -1.05. The quantitative estimate of drug-likeness (QED) is 0.814. The molecule has 2 aromatic rings. The van der Waals surface area contributed by atoms with E-state index >= 15 is 0 Å². The van der Waals surface area contributed by atoms with Gasteiger partial charge in [-0.05, 0) is 52.9 Å². The highest BCUT2D eigenvalue weighted by Gasteiger charge is 2.17. The van der Waals surface area contributed by atoms with E-state index in [2.05, 4.69) is 33.7 Å². The summed E-state index contributed by atoms with van der Waals surface area (Å²) in [5.74, 6) is 0.841. The number of likely N-dealkylation sites (tertiary alicyclic amines) is 1. The fraction of sp³-hybridized carbons (Fsp3) is 0.615. The van der Waals surface area contributed by atoms with Crippen molar-refractivity contribution in [2.45, 2.75) is 33.0 Å². The molecule has 5 nitrogen and oxygen atoms in total. The van der Waals surface area contributed by atoms with Crippen LogP contribution in [0.25, 0.3) is 0 Å². The minimum atomic E-state index is 0.706. The van der Waals surface area contributed by atoms with E-state index in [9.17, 15) is 0 Å². The van der Waals surface area contributed by atoms with Crippen molar-refractivity contribution in [2.24, 2.45) is 5.92 Å². The van der Waals surface area contributed by atoms with Gasteiger partial charge in [0, 0.05) is 18.0 Å². The van der Waals surface area contributed by atoms with Crippen LogP contribution in [0, 0.1) is 10.7 Å². The third kappa shape index (κ3) is 3.16. The molecule has 1 fully saturated rings. The third-order valence-electron chi connectivity index (χ3n) is 3.79. The second kappa shape index (κ2) is 6.15. The van der Waals surface area contributed by atoms with Gasteiger partial charge in [-0.25, -0.2) is 9.36 Å². The first-order valence-corrected chi connectivity index (χ1v) is 8.26. The van der Waals surface area contributed by atoms with E-state index in [1.165, 1.54) is 17.7 Å². The summed E-state index contributed by atoms with van der Waals surface area (Å²) >= 11 is 7.19. The molecule has 20 heavy (non-hydrogen) atoms. The zero-order chi connectivity index (χ0) is 13.9. The lowest BCUT2D eigenvalue weighted by atomic mass is 10.00. The average Bonchev–Trinajstić information content (AvgIpc) is 3.06. The summed E-state index contributed by atoms with van der Waals surface area (Å²) in [5.41, 5.74) is 0. The van der Waals surface area contributed by atoms with Crippen LogP contribution in [0.3, 0.4) is 0 Å². The highest BCUT2D eigenvalue weighted by atomic mass is 32.1. The summed E-state index contributed by atoms with van der Waals surface area (Å²) in [4.78, 5) is 3.65. The van der Waals surface area contributed by atoms with Crippen molar-refractivity contribution in [3.63, 3.8) is 0 Å². The lowest BCUT2D eigenvalue weighted by molar-refractivity contribution is 0.145. The molecule has 108 valence electrons. The predicted molar refractivity (Wildman–Crippen MR) is 82.2 cm³/mol. The molecule has 1 aliphatic heterocycles. The third-order valence-corrected chi connectivity index (χ3v) is 5.08. The number of hydrogen-bond donors (Lipinski definition) is 0. The minimum absolute atomic E-state index is 0.706. The number of rotatable bonds is 4. The van der Waals surface area contributed by atoms with Gasteiger partial charge in [-0.15, -0.1) is 11.3 Å². The van der Waals surface area contributed by atoms with Crippen molar-refractivity contribution in [3.8, 4) is 0 Å². The van der Waals surface area contributed by atoms with E-state index in [1.807, 2.05) is 10.7 Å². The maximum atomic E-state index is 5.47. The van der Waals surface area contributed by atoms with Gasteiger partial charge >= 0.3 is 0 Å². The fourth-order valence-corrected chi connectivity index (χ4v) is 3.32. The number of nitrogens with zero attached hydrogens (tertiary/aromatic N) is 5. The van der Waals surface area contributed by atoms with Gasteiger partial charge in [0.05, 0.1) is 13.2 Å². The van der Waals surface area contributed by atoms with Gasteiger partial charge in [0.1, 0.15) is 0 Å². The Morgan fingerprint density at radius 2 is 2.05 bits per heavy atom. The number of piperidine rings is 1. The molecule has 0 aliphatic carbocycles. The topological polar surface area (TPSA) is 38.9 Å². The average molecular weight is 309 g/mol. The SMILES string of the molecule is CC1CCN(Cn2nnn(Cc3cccs3)c2=S)CC1. The second-order valence-electron chi connectivity index (χ2n) is 5.44. The molecule has 1 saturated heterocycles. The summed E-state index contributed by atoms with van der Waals surface area (Å²) in [6.07, 6.45) is 2.52. The zero-order valence-electron chi connectivity index (χ0n) is 11.6. The Labute approximate surface area is 127 Å². The van der Waals surface area contributed by atoms with Crippen molar-refractivity contribution in [1.82, 2.24) is 24.7 Å². The molecule has 3 rings (SSSR count). The number of hydrogen-bond acceptors (Lipinski definition) is 5. The second-order valence-corrected chi connectivity index (χ2v) is 6.84. The Morgan fingerprint density at radius 3 is 2.75 bits per heavy atom. The maximum Gasteiger partial charge on any atom is 0.217 e. The highest BCUT2D eigenvalue weighted by molar-refractivity contribution is 7.71. The lowest BCUT2D eigenvalue weighted by Crippen LogP contribution is -2.34. The normalized spacial score (nSPS) is 17.6. The monoisotopic (exact) mass is 309 g/mol. The first kappa shape index (κ1) is 13.9. The molecule has 1 aliphatic rings. The van der Waals surface area contributed by atoms with Gasteiger partial charge in [-0.1, -0.05) is 13.0 Å². The molecule has 0 N–H and O–H groups in total. The molecule has 0 atom stereocenters. The predicted octanol–water partition coefficient (Wildman–Crippen LogP) is 2.61. The van der Waals surface area contributed by atoms with Crippen molar-refractivity contribution in [3.05, 3.63) is 27.2 Å². The smallest absolute Gasteiger partial charge is 0.217 e. The summed E-state index contributed by atoms with van der Waals surface area (Å²) in [5, 5.41) is 10.4. The van der Waals surface area contributed by atoms with Crippen molar-refractivity contribution in [2.75, 3.05) is 13.1 Å². The number of tetrazole rings is 1. The molecular weight excluding hydrogens is 290 g/mol. The molecule has 0 unspecified atom stereocenters. The summed E-state index contributed by atoms with van der Waals surface area (Å²) in [6.45, 7) is 6.05. The maximum absolute atomic E-state index is 5.47. The molecule has 0 amide bonds. The molecule has 0 saturated carbocycles. The number of thiophene rings is 1. The summed E-state index contributed by atoms with van der Waals surface area (Å²) < 4.78 is 4.34. The van der Waals surface area contributed by atoms with Crippen molar-refractivity contribution in [1.29, 1.82) is 0 Å². The summed E-state index contributed by atoms with van der Waals surface area (Å²) in [6, 6.07) is 4.14. The molecule has 0 radical (unpaired) electrons. The van der Waals surface area contributed by atoms with Crippen LogP contribution in [0.5, 0.6) is 0 Å². The van der Waals surface area contributed by atoms with E-state index in [1.54, 1.807) is 16.0 Å². The highest BCUT2D eigenvalue weighted by Crippen LogP contribution is 2.16. The molecule has 0 aromatic carbocycles. The van der Waals surface area contributed by atoms with Gasteiger partial charge in [-0.2, -0.15) is 0 Å². The zero-order valence-corrected chi connectivity index (χ0v) is 13.2. The molecule has 0 spiro atoms. The summed E-state index contributed by atoms with van der Waals surface area (Å²) in [7, 11) is 0. The van der Waals surface area contributed by atoms with Gasteiger partial charge in [0.25, 0.3) is 0 Å². The van der Waals surface area contributed by atoms with E-state index in [0.717, 1.165) is 25.7 Å². The van der Waals surface area contributed by atoms with Crippen LogP contribution in [-0.2, 0) is 13.2 Å². The van der Waals surface area contributed by atoms with Crippen LogP contribution in [0.2, 0.25) is 0 Å². The van der Waals surface area contributed by atoms with Gasteiger partial charge in [0.15, 0.2) is 0 Å². The fourth-order valence-electron chi connectivity index (χ4n) is 2.44. The Morgan fingerprint density at radius 1 is 1.30 bits per heavy atom. The number of aromatic nitrogens is 4. The standard InChI is InChI=1S/C13H19N5S2/c1-11-4-6-16(7-5-11)10-18-13(19)17(14-15-18)9-12-3-2-8-20-12/h2-3,8,11H,4-7,9-10H2,1H3. The lowest BCUT2D eigenvalue weighted by Gasteiger charge is -2.29. The Bertz CT molecular complexity index is 593. The van der Waals surface area contributed by atoms with Gasteiger partial charge in [-0.3, -0.25) is 4.90 Å². The van der Waals surface area contributed by atoms with Gasteiger partial charge in [0.2, 0.25) is 4.77 Å². The molecule has 2 aromatic heterocycles. The van der Waals surface area contributed by atoms with Gasteiger partial charge < -0.3 is 0 Å². The van der Waals surface area contributed by atoms with E-state index in [4.69, 9.17) is 12.2 Å². The first-order valence-electron chi connectivity index (χ1n) is 6.98. The molecule has 7 heteroatoms. The van der Waals surface area contributed by atoms with Crippen LogP contribution in [0.1, 0.15) is 24.6 Å². The minimum Gasteiger partial charge on any atom is -0.284 e. The van der Waals surface area contributed by atoms with Crippen LogP contribution in [0.15, 0.2) is 17.5 Å². The Balaban J connectivity index is 1.66. The largest absolute Gasteiger partial charge is 0.284 e. The van der Waals surface area contributed by atoms with E-state index in [-0.39, 0.29) is 0 Å².